The number of hydrogen-bond acceptors (Lipinski definition) is 4. The van der Waals surface area contributed by atoms with Gasteiger partial charge in [-0.15, -0.1) is 11.3 Å². The van der Waals surface area contributed by atoms with Crippen LogP contribution >= 0.6 is 11.3 Å². The summed E-state index contributed by atoms with van der Waals surface area (Å²) >= 11 is 1.72. The molecule has 3 aromatic carbocycles. The Kier molecular flexibility index (Phi) is 7.72. The minimum Gasteiger partial charge on any atom is -0.372 e. The quantitative estimate of drug-likeness (QED) is 0.259. The number of nitrogens with zero attached hydrogens (tertiary/aromatic N) is 2. The maximum absolute atomic E-state index is 5.18. The van der Waals surface area contributed by atoms with Crippen LogP contribution in [-0.2, 0) is 6.42 Å². The average Bonchev–Trinajstić information content (AvgIpc) is 3.36. The van der Waals surface area contributed by atoms with Gasteiger partial charge in [-0.05, 0) is 53.8 Å². The maximum Gasteiger partial charge on any atom is 0.120 e. The van der Waals surface area contributed by atoms with E-state index >= 15 is 0 Å². The Hall–Kier alpha value is -3.37. The van der Waals surface area contributed by atoms with Crippen molar-refractivity contribution >= 4 is 22.7 Å². The van der Waals surface area contributed by atoms with Gasteiger partial charge in [0.2, 0.25) is 0 Å². The summed E-state index contributed by atoms with van der Waals surface area (Å²) in [6, 6.07) is 23.6. The molecule has 0 aliphatic heterocycles. The van der Waals surface area contributed by atoms with Crippen molar-refractivity contribution in [3.8, 4) is 11.3 Å². The molecule has 0 saturated heterocycles. The molecule has 0 radical (unpaired) electrons. The summed E-state index contributed by atoms with van der Waals surface area (Å²) < 4.78 is 0. The molecule has 35 heavy (non-hydrogen) atoms. The van der Waals surface area contributed by atoms with Crippen molar-refractivity contribution in [1.82, 2.24) is 4.98 Å². The molecule has 1 heterocycles. The van der Waals surface area contributed by atoms with E-state index in [4.69, 9.17) is 4.98 Å². The zero-order chi connectivity index (χ0) is 24.9. The molecule has 4 rings (SSSR count). The highest BCUT2D eigenvalue weighted by Crippen LogP contribution is 2.37. The predicted octanol–water partition coefficient (Wildman–Crippen LogP) is 8.59. The van der Waals surface area contributed by atoms with Gasteiger partial charge in [-0.1, -0.05) is 88.0 Å². The molecule has 0 saturated carbocycles. The fourth-order valence-corrected chi connectivity index (χ4v) is 5.47. The molecule has 0 amide bonds. The van der Waals surface area contributed by atoms with Crippen LogP contribution in [0.25, 0.3) is 11.3 Å². The Morgan fingerprint density at radius 1 is 1.03 bits per heavy atom. The highest BCUT2D eigenvalue weighted by Gasteiger charge is 2.22. The minimum absolute atomic E-state index is 0.0283. The number of rotatable bonds is 9. The molecule has 1 aromatic heterocycles. The van der Waals surface area contributed by atoms with Gasteiger partial charge in [0.25, 0.3) is 0 Å². The second-order valence-corrected chi connectivity index (χ2v) is 10.1. The lowest BCUT2D eigenvalue weighted by Crippen LogP contribution is -2.15. The standard InChI is InChI=1S/C31H35N3S/c1-7-23-16-12-17-25(21(3)4)29(23)33-30(24-14-10-9-11-15-24)31-32-27(20-35-31)26-18-13-19-28(22(26)5)34(6)8-2/h8-21,30,33H,2,7H2,1,3-6H3. The Balaban J connectivity index is 1.79. The lowest BCUT2D eigenvalue weighted by atomic mass is 9.95. The van der Waals surface area contributed by atoms with Crippen molar-refractivity contribution in [2.45, 2.75) is 46.1 Å². The van der Waals surface area contributed by atoms with Crippen molar-refractivity contribution in [2.75, 3.05) is 17.3 Å². The van der Waals surface area contributed by atoms with E-state index in [2.05, 4.69) is 117 Å². The molecule has 3 nitrogen and oxygen atoms in total. The second kappa shape index (κ2) is 10.9. The highest BCUT2D eigenvalue weighted by molar-refractivity contribution is 7.10. The van der Waals surface area contributed by atoms with E-state index < -0.39 is 0 Å². The van der Waals surface area contributed by atoms with Crippen LogP contribution in [0.1, 0.15) is 60.0 Å². The van der Waals surface area contributed by atoms with Gasteiger partial charge < -0.3 is 10.2 Å². The van der Waals surface area contributed by atoms with Crippen LogP contribution in [0, 0.1) is 6.92 Å². The summed E-state index contributed by atoms with van der Waals surface area (Å²) in [5.74, 6) is 0.430. The van der Waals surface area contributed by atoms with Crippen LogP contribution in [0.2, 0.25) is 0 Å². The summed E-state index contributed by atoms with van der Waals surface area (Å²) in [6.45, 7) is 12.8. The zero-order valence-corrected chi connectivity index (χ0v) is 22.2. The molecule has 4 aromatic rings. The van der Waals surface area contributed by atoms with Crippen molar-refractivity contribution in [1.29, 1.82) is 0 Å². The number of benzene rings is 3. The molecule has 180 valence electrons. The van der Waals surface area contributed by atoms with Crippen molar-refractivity contribution in [2.24, 2.45) is 0 Å². The van der Waals surface area contributed by atoms with E-state index in [9.17, 15) is 0 Å². The fraction of sp³-hybridized carbons (Fsp3) is 0.258. The molecule has 0 spiro atoms. The first-order chi connectivity index (χ1) is 16.9. The summed E-state index contributed by atoms with van der Waals surface area (Å²) in [6.07, 6.45) is 2.82. The largest absolute Gasteiger partial charge is 0.372 e. The second-order valence-electron chi connectivity index (χ2n) is 9.19. The van der Waals surface area contributed by atoms with Crippen LogP contribution in [0.5, 0.6) is 0 Å². The Bertz CT molecular complexity index is 1290. The van der Waals surface area contributed by atoms with Gasteiger partial charge in [-0.3, -0.25) is 0 Å². The monoisotopic (exact) mass is 481 g/mol. The molecule has 1 atom stereocenters. The first kappa shape index (κ1) is 24.7. The first-order valence-electron chi connectivity index (χ1n) is 12.3. The van der Waals surface area contributed by atoms with E-state index in [0.717, 1.165) is 28.4 Å². The predicted molar refractivity (Wildman–Crippen MR) is 153 cm³/mol. The average molecular weight is 482 g/mol. The van der Waals surface area contributed by atoms with E-state index in [1.165, 1.54) is 27.9 Å². The molecule has 0 fully saturated rings. The number of aromatic nitrogens is 1. The van der Waals surface area contributed by atoms with Crippen molar-refractivity contribution in [3.63, 3.8) is 0 Å². The molecule has 0 aliphatic rings. The van der Waals surface area contributed by atoms with Crippen LogP contribution in [0.15, 0.2) is 84.9 Å². The third-order valence-corrected chi connectivity index (χ3v) is 7.52. The maximum atomic E-state index is 5.18. The third-order valence-electron chi connectivity index (χ3n) is 6.61. The molecular formula is C31H35N3S. The fourth-order valence-electron chi connectivity index (χ4n) is 4.57. The summed E-state index contributed by atoms with van der Waals surface area (Å²) in [5.41, 5.74) is 9.65. The molecule has 0 aliphatic carbocycles. The molecular weight excluding hydrogens is 446 g/mol. The number of para-hydroxylation sites is 1. The summed E-state index contributed by atoms with van der Waals surface area (Å²) in [4.78, 5) is 7.23. The molecule has 0 bridgehead atoms. The zero-order valence-electron chi connectivity index (χ0n) is 21.4. The first-order valence-corrected chi connectivity index (χ1v) is 13.2. The highest BCUT2D eigenvalue weighted by atomic mass is 32.1. The third kappa shape index (κ3) is 5.18. The number of hydrogen-bond donors (Lipinski definition) is 1. The normalized spacial score (nSPS) is 11.9. The molecule has 1 N–H and O–H groups in total. The number of thiazole rings is 1. The number of nitrogens with one attached hydrogen (secondary N) is 1. The smallest absolute Gasteiger partial charge is 0.120 e. The lowest BCUT2D eigenvalue weighted by molar-refractivity contribution is 0.847. The van der Waals surface area contributed by atoms with Crippen LogP contribution < -0.4 is 10.2 Å². The van der Waals surface area contributed by atoms with E-state index in [-0.39, 0.29) is 6.04 Å². The molecule has 4 heteroatoms. The Morgan fingerprint density at radius 3 is 2.46 bits per heavy atom. The van der Waals surface area contributed by atoms with Crippen LogP contribution in [0.4, 0.5) is 11.4 Å². The summed E-state index contributed by atoms with van der Waals surface area (Å²) in [5, 5.41) is 7.17. The van der Waals surface area contributed by atoms with E-state index in [0.29, 0.717) is 5.92 Å². The van der Waals surface area contributed by atoms with Gasteiger partial charge in [0.15, 0.2) is 0 Å². The van der Waals surface area contributed by atoms with Crippen LogP contribution in [0.3, 0.4) is 0 Å². The van der Waals surface area contributed by atoms with Gasteiger partial charge in [0.05, 0.1) is 5.69 Å². The summed E-state index contributed by atoms with van der Waals surface area (Å²) in [7, 11) is 2.03. The van der Waals surface area contributed by atoms with Gasteiger partial charge >= 0.3 is 0 Å². The topological polar surface area (TPSA) is 28.2 Å². The van der Waals surface area contributed by atoms with Gasteiger partial charge in [0, 0.05) is 29.4 Å². The van der Waals surface area contributed by atoms with Crippen molar-refractivity contribution < 1.29 is 0 Å². The van der Waals surface area contributed by atoms with Crippen LogP contribution in [-0.4, -0.2) is 12.0 Å². The number of anilines is 2. The van der Waals surface area contributed by atoms with Gasteiger partial charge in [-0.2, -0.15) is 0 Å². The van der Waals surface area contributed by atoms with E-state index in [1.807, 2.05) is 13.2 Å². The van der Waals surface area contributed by atoms with Gasteiger partial charge in [0.1, 0.15) is 11.0 Å². The SMILES string of the molecule is C=CN(C)c1cccc(-c2csc(C(Nc3c(CC)cccc3C(C)C)c3ccccc3)n2)c1C. The van der Waals surface area contributed by atoms with Gasteiger partial charge in [-0.25, -0.2) is 4.98 Å². The van der Waals surface area contributed by atoms with Crippen molar-refractivity contribution in [3.05, 3.63) is 112 Å². The Labute approximate surface area is 214 Å². The van der Waals surface area contributed by atoms with E-state index in [1.54, 1.807) is 11.3 Å². The Morgan fingerprint density at radius 2 is 1.77 bits per heavy atom. The number of aryl methyl sites for hydroxylation is 1. The molecule has 1 unspecified atom stereocenters. The lowest BCUT2D eigenvalue weighted by Gasteiger charge is -2.24. The minimum atomic E-state index is -0.0283.